The lowest BCUT2D eigenvalue weighted by molar-refractivity contribution is -0.138. The zero-order valence-corrected chi connectivity index (χ0v) is 7.54. The molecule has 0 aliphatic carbocycles. The Balaban J connectivity index is 2.95. The monoisotopic (exact) mass is 208 g/mol. The van der Waals surface area contributed by atoms with Crippen LogP contribution in [0.3, 0.4) is 0 Å². The van der Waals surface area contributed by atoms with Gasteiger partial charge < -0.3 is 10.4 Å². The van der Waals surface area contributed by atoms with E-state index in [2.05, 4.69) is 0 Å². The van der Waals surface area contributed by atoms with Crippen LogP contribution in [-0.4, -0.2) is 48.7 Å². The zero-order valence-electron chi connectivity index (χ0n) is 6.72. The van der Waals surface area contributed by atoms with Crippen LogP contribution in [0.15, 0.2) is 0 Å². The molecule has 1 unspecified atom stereocenters. The predicted molar refractivity (Wildman–Crippen MR) is 41.5 cm³/mol. The first-order chi connectivity index (χ1) is 5.84. The fraction of sp³-hybridized carbons (Fsp3) is 0.600. The van der Waals surface area contributed by atoms with E-state index in [1.165, 1.54) is 0 Å². The van der Waals surface area contributed by atoms with Gasteiger partial charge in [0.25, 0.3) is 0 Å². The third-order valence-electron chi connectivity index (χ3n) is 1.68. The lowest BCUT2D eigenvalue weighted by Gasteiger charge is -2.27. The Labute approximate surface area is 74.4 Å². The summed E-state index contributed by atoms with van der Waals surface area (Å²) in [5.41, 5.74) is 0. The standard InChI is InChI=1S/C5H8N2O5S/c1-7-5(10)6-3(4(8)9)2-13(7,11)12/h3H,2H2,1H3,(H,6,10)(H,8,9). The third-order valence-corrected chi connectivity index (χ3v) is 3.43. The number of carbonyl (C=O) groups is 2. The molecule has 0 aromatic heterocycles. The minimum atomic E-state index is -3.76. The topological polar surface area (TPSA) is 104 Å². The van der Waals surface area contributed by atoms with Gasteiger partial charge in [-0.1, -0.05) is 0 Å². The number of aliphatic carboxylic acids is 1. The van der Waals surface area contributed by atoms with Gasteiger partial charge >= 0.3 is 12.0 Å². The molecule has 0 aromatic rings. The van der Waals surface area contributed by atoms with E-state index >= 15 is 0 Å². The maximum Gasteiger partial charge on any atom is 0.331 e. The average molecular weight is 208 g/mol. The fourth-order valence-electron chi connectivity index (χ4n) is 0.863. The molecule has 1 aliphatic heterocycles. The molecule has 0 saturated carbocycles. The van der Waals surface area contributed by atoms with Crippen molar-refractivity contribution in [1.29, 1.82) is 0 Å². The Morgan fingerprint density at radius 3 is 2.62 bits per heavy atom. The Hall–Kier alpha value is -1.31. The third kappa shape index (κ3) is 1.72. The molecule has 0 spiro atoms. The summed E-state index contributed by atoms with van der Waals surface area (Å²) < 4.78 is 22.7. The summed E-state index contributed by atoms with van der Waals surface area (Å²) in [6.45, 7) is 0. The van der Waals surface area contributed by atoms with Crippen molar-refractivity contribution in [3.05, 3.63) is 0 Å². The first-order valence-electron chi connectivity index (χ1n) is 3.34. The molecule has 1 heterocycles. The molecule has 7 nitrogen and oxygen atoms in total. The van der Waals surface area contributed by atoms with Crippen molar-refractivity contribution >= 4 is 22.0 Å². The van der Waals surface area contributed by atoms with E-state index in [1.54, 1.807) is 0 Å². The largest absolute Gasteiger partial charge is 0.480 e. The van der Waals surface area contributed by atoms with Crippen LogP contribution in [-0.2, 0) is 14.8 Å². The Bertz CT molecular complexity index is 348. The van der Waals surface area contributed by atoms with Gasteiger partial charge in [0, 0.05) is 7.05 Å². The normalized spacial score (nSPS) is 26.7. The minimum Gasteiger partial charge on any atom is -0.480 e. The smallest absolute Gasteiger partial charge is 0.331 e. The average Bonchev–Trinajstić information content (AvgIpc) is 1.99. The molecule has 2 N–H and O–H groups in total. The first kappa shape index (κ1) is 9.78. The van der Waals surface area contributed by atoms with Gasteiger partial charge in [-0.15, -0.1) is 0 Å². The number of rotatable bonds is 1. The van der Waals surface area contributed by atoms with Gasteiger partial charge in [-0.3, -0.25) is 0 Å². The van der Waals surface area contributed by atoms with E-state index in [0.29, 0.717) is 4.31 Å². The van der Waals surface area contributed by atoms with Crippen molar-refractivity contribution < 1.29 is 23.1 Å². The molecule has 1 rings (SSSR count). The van der Waals surface area contributed by atoms with Crippen LogP contribution >= 0.6 is 0 Å². The maximum atomic E-state index is 11.1. The molecular formula is C5H8N2O5S. The Kier molecular flexibility index (Phi) is 2.16. The number of sulfonamides is 1. The van der Waals surface area contributed by atoms with Crippen molar-refractivity contribution in [2.45, 2.75) is 6.04 Å². The van der Waals surface area contributed by atoms with Gasteiger partial charge in [-0.25, -0.2) is 22.3 Å². The van der Waals surface area contributed by atoms with E-state index in [9.17, 15) is 18.0 Å². The second kappa shape index (κ2) is 2.87. The summed E-state index contributed by atoms with van der Waals surface area (Å²) in [4.78, 5) is 21.3. The van der Waals surface area contributed by atoms with E-state index in [-0.39, 0.29) is 0 Å². The number of amides is 2. The van der Waals surface area contributed by atoms with E-state index in [0.717, 1.165) is 7.05 Å². The fourth-order valence-corrected chi connectivity index (χ4v) is 2.04. The molecular weight excluding hydrogens is 200 g/mol. The summed E-state index contributed by atoms with van der Waals surface area (Å²) in [6.07, 6.45) is 0. The van der Waals surface area contributed by atoms with E-state index in [4.69, 9.17) is 5.11 Å². The van der Waals surface area contributed by atoms with Crippen molar-refractivity contribution in [2.24, 2.45) is 0 Å². The number of hydrogen-bond acceptors (Lipinski definition) is 4. The molecule has 1 atom stereocenters. The number of nitrogens with zero attached hydrogens (tertiary/aromatic N) is 1. The SMILES string of the molecule is CN1C(=O)NC(C(=O)O)CS1(=O)=O. The van der Waals surface area contributed by atoms with Gasteiger partial charge in [0.05, 0.1) is 0 Å². The van der Waals surface area contributed by atoms with Gasteiger partial charge in [-0.05, 0) is 0 Å². The van der Waals surface area contributed by atoms with Crippen molar-refractivity contribution in [2.75, 3.05) is 12.8 Å². The van der Waals surface area contributed by atoms with Gasteiger partial charge in [0.2, 0.25) is 10.0 Å². The summed E-state index contributed by atoms with van der Waals surface area (Å²) in [5, 5.41) is 10.5. The van der Waals surface area contributed by atoms with Gasteiger partial charge in [-0.2, -0.15) is 0 Å². The summed E-state index contributed by atoms with van der Waals surface area (Å²) in [5.74, 6) is -1.96. The van der Waals surface area contributed by atoms with Gasteiger partial charge in [0.1, 0.15) is 11.8 Å². The van der Waals surface area contributed by atoms with Crippen LogP contribution in [0.25, 0.3) is 0 Å². The molecule has 0 bridgehead atoms. The molecule has 1 saturated heterocycles. The summed E-state index contributed by atoms with van der Waals surface area (Å²) in [7, 11) is -2.69. The van der Waals surface area contributed by atoms with Crippen molar-refractivity contribution in [1.82, 2.24) is 9.62 Å². The van der Waals surface area contributed by atoms with E-state index < -0.39 is 33.8 Å². The highest BCUT2D eigenvalue weighted by Gasteiger charge is 2.37. The minimum absolute atomic E-state index is 0.493. The molecule has 0 aromatic carbocycles. The molecule has 1 fully saturated rings. The summed E-state index contributed by atoms with van der Waals surface area (Å²) in [6, 6.07) is -2.27. The first-order valence-corrected chi connectivity index (χ1v) is 4.95. The second-order valence-corrected chi connectivity index (χ2v) is 4.63. The van der Waals surface area contributed by atoms with E-state index in [1.807, 2.05) is 5.32 Å². The molecule has 2 amide bonds. The van der Waals surface area contributed by atoms with Crippen molar-refractivity contribution in [3.63, 3.8) is 0 Å². The maximum absolute atomic E-state index is 11.1. The number of carboxylic acid groups (broad SMARTS) is 1. The summed E-state index contributed by atoms with van der Waals surface area (Å²) >= 11 is 0. The molecule has 0 radical (unpaired) electrons. The predicted octanol–water partition coefficient (Wildman–Crippen LogP) is -1.58. The second-order valence-electron chi connectivity index (χ2n) is 2.59. The quantitative estimate of drug-likeness (QED) is 0.541. The van der Waals surface area contributed by atoms with Crippen LogP contribution in [0, 0.1) is 0 Å². The highest BCUT2D eigenvalue weighted by atomic mass is 32.2. The lowest BCUT2D eigenvalue weighted by Crippen LogP contribution is -2.58. The lowest BCUT2D eigenvalue weighted by atomic mass is 10.3. The van der Waals surface area contributed by atoms with Crippen LogP contribution in [0.4, 0.5) is 4.79 Å². The van der Waals surface area contributed by atoms with Gasteiger partial charge in [0.15, 0.2) is 0 Å². The molecule has 1 aliphatic rings. The van der Waals surface area contributed by atoms with Crippen LogP contribution in [0.5, 0.6) is 0 Å². The number of hydrogen-bond donors (Lipinski definition) is 2. The highest BCUT2D eigenvalue weighted by molar-refractivity contribution is 7.89. The number of nitrogens with one attached hydrogen (secondary N) is 1. The number of urea groups is 1. The molecule has 8 heteroatoms. The Morgan fingerprint density at radius 1 is 1.69 bits per heavy atom. The van der Waals surface area contributed by atoms with Crippen LogP contribution < -0.4 is 5.32 Å². The number of carbonyl (C=O) groups excluding carboxylic acids is 1. The van der Waals surface area contributed by atoms with Crippen LogP contribution in [0.1, 0.15) is 0 Å². The molecule has 13 heavy (non-hydrogen) atoms. The van der Waals surface area contributed by atoms with Crippen LogP contribution in [0.2, 0.25) is 0 Å². The van der Waals surface area contributed by atoms with Crippen molar-refractivity contribution in [3.8, 4) is 0 Å². The highest BCUT2D eigenvalue weighted by Crippen LogP contribution is 2.07. The number of carboxylic acids is 1. The zero-order chi connectivity index (χ0) is 10.2. The molecule has 74 valence electrons. The Morgan fingerprint density at radius 2 is 2.23 bits per heavy atom.